The van der Waals surface area contributed by atoms with E-state index in [0.29, 0.717) is 17.8 Å². The lowest BCUT2D eigenvalue weighted by atomic mass is 10.00. The molecule has 1 rings (SSSR count). The van der Waals surface area contributed by atoms with Crippen molar-refractivity contribution < 1.29 is 14.7 Å². The quantitative estimate of drug-likeness (QED) is 0.749. The average Bonchev–Trinajstić information content (AvgIpc) is 2.56. The predicted molar refractivity (Wildman–Crippen MR) is 66.4 cm³/mol. The minimum atomic E-state index is -1.28. The van der Waals surface area contributed by atoms with Crippen molar-refractivity contribution >= 4 is 17.7 Å². The molecule has 3 N–H and O–H groups in total. The van der Waals surface area contributed by atoms with Crippen LogP contribution in [-0.4, -0.2) is 32.4 Å². The number of hydrogen-bond acceptors (Lipinski definition) is 3. The predicted octanol–water partition coefficient (Wildman–Crippen LogP) is 1.10. The molecule has 7 nitrogen and oxygen atoms in total. The average molecular weight is 254 g/mol. The van der Waals surface area contributed by atoms with E-state index in [9.17, 15) is 9.59 Å². The van der Waals surface area contributed by atoms with Crippen molar-refractivity contribution in [3.05, 3.63) is 11.9 Å². The van der Waals surface area contributed by atoms with Gasteiger partial charge in [-0.25, -0.2) is 9.59 Å². The van der Waals surface area contributed by atoms with Crippen molar-refractivity contribution in [2.45, 2.75) is 32.7 Å². The Morgan fingerprint density at radius 3 is 2.56 bits per heavy atom. The van der Waals surface area contributed by atoms with Crippen LogP contribution < -0.4 is 10.6 Å². The third-order valence-electron chi connectivity index (χ3n) is 2.83. The molecular weight excluding hydrogens is 236 g/mol. The second-order valence-corrected chi connectivity index (χ2v) is 4.37. The van der Waals surface area contributed by atoms with E-state index >= 15 is 0 Å². The molecule has 100 valence electrons. The zero-order valence-corrected chi connectivity index (χ0v) is 10.9. The van der Waals surface area contributed by atoms with Crippen molar-refractivity contribution in [1.82, 2.24) is 15.1 Å². The number of urea groups is 1. The van der Waals surface area contributed by atoms with Crippen LogP contribution in [0.15, 0.2) is 6.20 Å². The minimum absolute atomic E-state index is 0.293. The topological polar surface area (TPSA) is 96.3 Å². The standard InChI is InChI=1S/C11H18N4O3/c1-5-11(3,9(16)17)13-10(18)12-8-6-15(4)14-7(8)2/h6H,5H2,1-4H3,(H,16,17)(H2,12,13,18). The molecule has 0 saturated carbocycles. The Bertz CT molecular complexity index is 469. The number of rotatable bonds is 4. The van der Waals surface area contributed by atoms with Gasteiger partial charge in [-0.2, -0.15) is 5.10 Å². The van der Waals surface area contributed by atoms with E-state index in [-0.39, 0.29) is 0 Å². The van der Waals surface area contributed by atoms with Gasteiger partial charge in [0, 0.05) is 13.2 Å². The van der Waals surface area contributed by atoms with E-state index < -0.39 is 17.5 Å². The van der Waals surface area contributed by atoms with Crippen molar-refractivity contribution in [3.8, 4) is 0 Å². The van der Waals surface area contributed by atoms with Crippen molar-refractivity contribution in [1.29, 1.82) is 0 Å². The van der Waals surface area contributed by atoms with E-state index in [1.165, 1.54) is 6.92 Å². The Balaban J connectivity index is 2.73. The van der Waals surface area contributed by atoms with E-state index in [1.807, 2.05) is 0 Å². The molecule has 18 heavy (non-hydrogen) atoms. The molecule has 1 aromatic rings. The van der Waals surface area contributed by atoms with Crippen molar-refractivity contribution in [2.75, 3.05) is 5.32 Å². The molecule has 0 aromatic carbocycles. The number of aromatic nitrogens is 2. The molecule has 1 unspecified atom stereocenters. The zero-order chi connectivity index (χ0) is 13.9. The first-order chi connectivity index (χ1) is 8.28. The molecule has 0 aliphatic heterocycles. The van der Waals surface area contributed by atoms with Crippen molar-refractivity contribution in [2.24, 2.45) is 7.05 Å². The van der Waals surface area contributed by atoms with E-state index in [0.717, 1.165) is 0 Å². The number of carboxylic acids is 1. The number of amides is 2. The van der Waals surface area contributed by atoms with Crippen molar-refractivity contribution in [3.63, 3.8) is 0 Å². The van der Waals surface area contributed by atoms with Gasteiger partial charge in [-0.3, -0.25) is 4.68 Å². The minimum Gasteiger partial charge on any atom is -0.480 e. The molecule has 1 aromatic heterocycles. The highest BCUT2D eigenvalue weighted by atomic mass is 16.4. The molecule has 0 saturated heterocycles. The monoisotopic (exact) mass is 254 g/mol. The number of carbonyl (C=O) groups is 2. The fourth-order valence-electron chi connectivity index (χ4n) is 1.42. The lowest BCUT2D eigenvalue weighted by Gasteiger charge is -2.24. The summed E-state index contributed by atoms with van der Waals surface area (Å²) in [6.07, 6.45) is 1.95. The van der Waals surface area contributed by atoms with Crippen LogP contribution in [0.3, 0.4) is 0 Å². The number of carbonyl (C=O) groups excluding carboxylic acids is 1. The number of aryl methyl sites for hydroxylation is 2. The third kappa shape index (κ3) is 2.99. The largest absolute Gasteiger partial charge is 0.480 e. The molecule has 0 aliphatic carbocycles. The van der Waals surface area contributed by atoms with Crippen LogP contribution in [0.4, 0.5) is 10.5 Å². The number of nitrogens with zero attached hydrogens (tertiary/aromatic N) is 2. The summed E-state index contributed by atoms with van der Waals surface area (Å²) in [5.41, 5.74) is -0.0553. The van der Waals surface area contributed by atoms with Gasteiger partial charge >= 0.3 is 12.0 Å². The van der Waals surface area contributed by atoms with Crippen LogP contribution in [0.5, 0.6) is 0 Å². The van der Waals surface area contributed by atoms with Crippen LogP contribution in [-0.2, 0) is 11.8 Å². The van der Waals surface area contributed by atoms with Crippen LogP contribution in [0, 0.1) is 6.92 Å². The number of anilines is 1. The molecular formula is C11H18N4O3. The fraction of sp³-hybridized carbons (Fsp3) is 0.545. The lowest BCUT2D eigenvalue weighted by molar-refractivity contribution is -0.143. The Kier molecular flexibility index (Phi) is 3.95. The second kappa shape index (κ2) is 5.07. The van der Waals surface area contributed by atoms with E-state index in [2.05, 4.69) is 15.7 Å². The van der Waals surface area contributed by atoms with Gasteiger partial charge in [0.15, 0.2) is 0 Å². The third-order valence-corrected chi connectivity index (χ3v) is 2.83. The Morgan fingerprint density at radius 1 is 1.56 bits per heavy atom. The van der Waals surface area contributed by atoms with Crippen LogP contribution in [0.1, 0.15) is 26.0 Å². The number of carboxylic acid groups (broad SMARTS) is 1. The molecule has 7 heteroatoms. The van der Waals surface area contributed by atoms with E-state index in [1.54, 1.807) is 31.8 Å². The first-order valence-corrected chi connectivity index (χ1v) is 5.61. The smallest absolute Gasteiger partial charge is 0.329 e. The van der Waals surface area contributed by atoms with E-state index in [4.69, 9.17) is 5.11 Å². The highest BCUT2D eigenvalue weighted by molar-refractivity contribution is 5.94. The molecule has 0 spiro atoms. The van der Waals surface area contributed by atoms with Gasteiger partial charge in [-0.15, -0.1) is 0 Å². The summed E-state index contributed by atoms with van der Waals surface area (Å²) < 4.78 is 1.57. The van der Waals surface area contributed by atoms with Gasteiger partial charge in [-0.05, 0) is 20.3 Å². The maximum absolute atomic E-state index is 11.7. The number of aliphatic carboxylic acids is 1. The summed E-state index contributed by atoms with van der Waals surface area (Å²) in [5.74, 6) is -1.07. The molecule has 0 bridgehead atoms. The van der Waals surface area contributed by atoms with Crippen LogP contribution >= 0.6 is 0 Å². The first-order valence-electron chi connectivity index (χ1n) is 5.61. The maximum atomic E-state index is 11.7. The Labute approximate surface area is 105 Å². The first kappa shape index (κ1) is 14.0. The lowest BCUT2D eigenvalue weighted by Crippen LogP contribution is -2.53. The molecule has 2 amide bonds. The summed E-state index contributed by atoms with van der Waals surface area (Å²) >= 11 is 0. The van der Waals surface area contributed by atoms with Gasteiger partial charge in [0.2, 0.25) is 0 Å². The molecule has 1 atom stereocenters. The molecule has 0 radical (unpaired) electrons. The SMILES string of the molecule is CCC(C)(NC(=O)Nc1cn(C)nc1C)C(=O)O. The molecule has 0 aliphatic rings. The van der Waals surface area contributed by atoms with Crippen LogP contribution in [0.2, 0.25) is 0 Å². The van der Waals surface area contributed by atoms with Crippen LogP contribution in [0.25, 0.3) is 0 Å². The van der Waals surface area contributed by atoms with Gasteiger partial charge < -0.3 is 15.7 Å². The number of nitrogens with one attached hydrogen (secondary N) is 2. The Hall–Kier alpha value is -2.05. The number of hydrogen-bond donors (Lipinski definition) is 3. The summed E-state index contributed by atoms with van der Waals surface area (Å²) in [6, 6.07) is -0.558. The van der Waals surface area contributed by atoms with Gasteiger partial charge in [0.1, 0.15) is 5.54 Å². The second-order valence-electron chi connectivity index (χ2n) is 4.37. The zero-order valence-electron chi connectivity index (χ0n) is 10.9. The highest BCUT2D eigenvalue weighted by Crippen LogP contribution is 2.13. The van der Waals surface area contributed by atoms with Gasteiger partial charge in [-0.1, -0.05) is 6.92 Å². The maximum Gasteiger partial charge on any atom is 0.329 e. The summed E-state index contributed by atoms with van der Waals surface area (Å²) in [5, 5.41) is 18.1. The Morgan fingerprint density at radius 2 is 2.17 bits per heavy atom. The summed E-state index contributed by atoms with van der Waals surface area (Å²) in [7, 11) is 1.74. The fourth-order valence-corrected chi connectivity index (χ4v) is 1.42. The normalized spacial score (nSPS) is 13.8. The molecule has 1 heterocycles. The molecule has 0 fully saturated rings. The summed E-state index contributed by atoms with van der Waals surface area (Å²) in [4.78, 5) is 22.8. The summed E-state index contributed by atoms with van der Waals surface area (Å²) in [6.45, 7) is 4.92. The van der Waals surface area contributed by atoms with Gasteiger partial charge in [0.05, 0.1) is 11.4 Å². The van der Waals surface area contributed by atoms with Gasteiger partial charge in [0.25, 0.3) is 0 Å². The highest BCUT2D eigenvalue weighted by Gasteiger charge is 2.32.